The number of carbonyl (C=O) groups excluding carboxylic acids is 1. The smallest absolute Gasteiger partial charge is 0.338 e. The van der Waals surface area contributed by atoms with Crippen LogP contribution in [0, 0.1) is 6.92 Å². The molecule has 0 spiro atoms. The van der Waals surface area contributed by atoms with Gasteiger partial charge in [0.25, 0.3) is 5.91 Å². The zero-order valence-electron chi connectivity index (χ0n) is 16.2. The number of carbonyl (C=O) groups is 2. The molecule has 150 valence electrons. The van der Waals surface area contributed by atoms with Gasteiger partial charge in [0.2, 0.25) is 0 Å². The summed E-state index contributed by atoms with van der Waals surface area (Å²) in [5.41, 5.74) is 2.81. The Morgan fingerprint density at radius 3 is 2.48 bits per heavy atom. The molecule has 0 radical (unpaired) electrons. The molecule has 2 aromatic heterocycles. The summed E-state index contributed by atoms with van der Waals surface area (Å²) < 4.78 is 3.56. The first-order valence-corrected chi connectivity index (χ1v) is 9.66. The fraction of sp³-hybridized carbons (Fsp3) is 0.333. The second-order valence-corrected chi connectivity index (χ2v) is 7.32. The first-order chi connectivity index (χ1) is 14.0. The van der Waals surface area contributed by atoms with Crippen molar-refractivity contribution in [2.75, 3.05) is 13.1 Å². The highest BCUT2D eigenvalue weighted by Gasteiger charge is 2.27. The quantitative estimate of drug-likeness (QED) is 0.719. The largest absolute Gasteiger partial charge is 0.478 e. The first kappa shape index (κ1) is 18.9. The highest BCUT2D eigenvalue weighted by atomic mass is 16.4. The van der Waals surface area contributed by atoms with Crippen molar-refractivity contribution in [3.8, 4) is 0 Å². The van der Waals surface area contributed by atoms with Crippen LogP contribution in [0.2, 0.25) is 0 Å². The van der Waals surface area contributed by atoms with Crippen LogP contribution >= 0.6 is 0 Å². The van der Waals surface area contributed by atoms with E-state index >= 15 is 0 Å². The number of amides is 1. The Balaban J connectivity index is 1.40. The second kappa shape index (κ2) is 7.90. The number of benzene rings is 1. The number of nitrogens with zero attached hydrogens (tertiary/aromatic N) is 5. The van der Waals surface area contributed by atoms with Crippen LogP contribution in [0.25, 0.3) is 0 Å². The molecule has 1 fully saturated rings. The van der Waals surface area contributed by atoms with E-state index < -0.39 is 5.97 Å². The standard InChI is InChI=1S/C21H23N5O3/c1-15-19(12-23-25(15)13-16-5-3-2-4-6-16)20(27)24-9-7-18(8-10-24)26-14-17(11-22-26)21(28)29/h2-6,11-12,14,18H,7-10,13H2,1H3,(H,28,29). The van der Waals surface area contributed by atoms with Crippen molar-refractivity contribution < 1.29 is 14.7 Å². The maximum absolute atomic E-state index is 13.0. The van der Waals surface area contributed by atoms with Crippen LogP contribution in [0.1, 0.15) is 50.9 Å². The van der Waals surface area contributed by atoms with Gasteiger partial charge in [-0.3, -0.25) is 14.2 Å². The molecule has 3 aromatic rings. The minimum atomic E-state index is -0.980. The van der Waals surface area contributed by atoms with Gasteiger partial charge in [0.15, 0.2) is 0 Å². The number of carboxylic acid groups (broad SMARTS) is 1. The lowest BCUT2D eigenvalue weighted by atomic mass is 10.0. The Hall–Kier alpha value is -3.42. The average Bonchev–Trinajstić information content (AvgIpc) is 3.37. The Labute approximate surface area is 168 Å². The predicted molar refractivity (Wildman–Crippen MR) is 106 cm³/mol. The highest BCUT2D eigenvalue weighted by Crippen LogP contribution is 2.24. The number of rotatable bonds is 5. The zero-order valence-corrected chi connectivity index (χ0v) is 16.2. The van der Waals surface area contributed by atoms with E-state index in [0.717, 1.165) is 24.1 Å². The molecule has 8 nitrogen and oxygen atoms in total. The minimum Gasteiger partial charge on any atom is -0.478 e. The normalized spacial score (nSPS) is 14.9. The number of aromatic carboxylic acids is 1. The number of aromatic nitrogens is 4. The average molecular weight is 393 g/mol. The maximum Gasteiger partial charge on any atom is 0.338 e. The molecule has 1 aromatic carbocycles. The lowest BCUT2D eigenvalue weighted by Crippen LogP contribution is -2.39. The molecule has 1 amide bonds. The third kappa shape index (κ3) is 3.91. The van der Waals surface area contributed by atoms with E-state index in [1.165, 1.54) is 6.20 Å². The summed E-state index contributed by atoms with van der Waals surface area (Å²) in [4.78, 5) is 25.9. The van der Waals surface area contributed by atoms with E-state index in [-0.39, 0.29) is 17.5 Å². The molecule has 0 unspecified atom stereocenters. The van der Waals surface area contributed by atoms with Gasteiger partial charge in [-0.1, -0.05) is 30.3 Å². The second-order valence-electron chi connectivity index (χ2n) is 7.32. The predicted octanol–water partition coefficient (Wildman–Crippen LogP) is 2.61. The number of hydrogen-bond acceptors (Lipinski definition) is 4. The highest BCUT2D eigenvalue weighted by molar-refractivity contribution is 5.95. The molecule has 8 heteroatoms. The van der Waals surface area contributed by atoms with Crippen molar-refractivity contribution in [2.45, 2.75) is 32.4 Å². The molecule has 29 heavy (non-hydrogen) atoms. The summed E-state index contributed by atoms with van der Waals surface area (Å²) in [6.07, 6.45) is 6.05. The lowest BCUT2D eigenvalue weighted by molar-refractivity contribution is 0.0687. The van der Waals surface area contributed by atoms with E-state index in [1.54, 1.807) is 17.1 Å². The summed E-state index contributed by atoms with van der Waals surface area (Å²) in [5, 5.41) is 17.6. The molecule has 0 aliphatic carbocycles. The Morgan fingerprint density at radius 2 is 1.83 bits per heavy atom. The molecule has 1 aliphatic rings. The molecule has 1 saturated heterocycles. The van der Waals surface area contributed by atoms with Gasteiger partial charge >= 0.3 is 5.97 Å². The molecule has 3 heterocycles. The van der Waals surface area contributed by atoms with E-state index in [1.807, 2.05) is 46.8 Å². The van der Waals surface area contributed by atoms with Crippen molar-refractivity contribution in [1.82, 2.24) is 24.5 Å². The van der Waals surface area contributed by atoms with Crippen molar-refractivity contribution in [3.63, 3.8) is 0 Å². The van der Waals surface area contributed by atoms with Gasteiger partial charge in [-0.2, -0.15) is 10.2 Å². The van der Waals surface area contributed by atoms with Gasteiger partial charge in [0.05, 0.1) is 36.1 Å². The molecular formula is C21H23N5O3. The monoisotopic (exact) mass is 393 g/mol. The first-order valence-electron chi connectivity index (χ1n) is 9.66. The topological polar surface area (TPSA) is 93.2 Å². The fourth-order valence-electron chi connectivity index (χ4n) is 3.72. The van der Waals surface area contributed by atoms with Crippen LogP contribution in [0.4, 0.5) is 0 Å². The minimum absolute atomic E-state index is 0.00745. The number of likely N-dealkylation sites (tertiary alicyclic amines) is 1. The zero-order chi connectivity index (χ0) is 20.4. The number of carboxylic acids is 1. The summed E-state index contributed by atoms with van der Waals surface area (Å²) in [6.45, 7) is 3.77. The van der Waals surface area contributed by atoms with Gasteiger partial charge in [-0.25, -0.2) is 4.79 Å². The maximum atomic E-state index is 13.0. The van der Waals surface area contributed by atoms with Gasteiger partial charge < -0.3 is 10.0 Å². The van der Waals surface area contributed by atoms with Crippen LogP contribution in [-0.4, -0.2) is 54.5 Å². The molecule has 0 atom stereocenters. The van der Waals surface area contributed by atoms with Gasteiger partial charge in [0, 0.05) is 25.0 Å². The van der Waals surface area contributed by atoms with Gasteiger partial charge in [0.1, 0.15) is 0 Å². The van der Waals surface area contributed by atoms with Crippen LogP contribution in [0.15, 0.2) is 48.9 Å². The van der Waals surface area contributed by atoms with Crippen molar-refractivity contribution in [3.05, 3.63) is 71.3 Å². The molecule has 1 aliphatic heterocycles. The van der Waals surface area contributed by atoms with E-state index in [0.29, 0.717) is 25.2 Å². The molecular weight excluding hydrogens is 370 g/mol. The third-order valence-corrected chi connectivity index (χ3v) is 5.48. The Morgan fingerprint density at radius 1 is 1.10 bits per heavy atom. The van der Waals surface area contributed by atoms with Crippen molar-refractivity contribution in [2.24, 2.45) is 0 Å². The SMILES string of the molecule is Cc1c(C(=O)N2CCC(n3cc(C(=O)O)cn3)CC2)cnn1Cc1ccccc1. The van der Waals surface area contributed by atoms with Gasteiger partial charge in [-0.05, 0) is 25.3 Å². The van der Waals surface area contributed by atoms with E-state index in [9.17, 15) is 9.59 Å². The molecule has 4 rings (SSSR count). The van der Waals surface area contributed by atoms with E-state index in [4.69, 9.17) is 5.11 Å². The van der Waals surface area contributed by atoms with Crippen molar-refractivity contribution in [1.29, 1.82) is 0 Å². The fourth-order valence-corrected chi connectivity index (χ4v) is 3.72. The summed E-state index contributed by atoms with van der Waals surface area (Å²) in [6, 6.07) is 10.1. The number of piperidine rings is 1. The van der Waals surface area contributed by atoms with Crippen LogP contribution < -0.4 is 0 Å². The van der Waals surface area contributed by atoms with Crippen LogP contribution in [0.3, 0.4) is 0 Å². The summed E-state index contributed by atoms with van der Waals surface area (Å²) in [7, 11) is 0. The molecule has 1 N–H and O–H groups in total. The van der Waals surface area contributed by atoms with Crippen molar-refractivity contribution >= 4 is 11.9 Å². The summed E-state index contributed by atoms with van der Waals surface area (Å²) >= 11 is 0. The number of hydrogen-bond donors (Lipinski definition) is 1. The molecule has 0 saturated carbocycles. The lowest BCUT2D eigenvalue weighted by Gasteiger charge is -2.32. The summed E-state index contributed by atoms with van der Waals surface area (Å²) in [5.74, 6) is -0.987. The van der Waals surface area contributed by atoms with Crippen LogP contribution in [0.5, 0.6) is 0 Å². The Kier molecular flexibility index (Phi) is 5.16. The Bertz CT molecular complexity index is 1020. The van der Waals surface area contributed by atoms with Crippen LogP contribution in [-0.2, 0) is 6.54 Å². The van der Waals surface area contributed by atoms with E-state index in [2.05, 4.69) is 10.2 Å². The van der Waals surface area contributed by atoms with Gasteiger partial charge in [-0.15, -0.1) is 0 Å². The third-order valence-electron chi connectivity index (χ3n) is 5.48. The molecule has 0 bridgehead atoms.